The van der Waals surface area contributed by atoms with Crippen LogP contribution in [0.4, 0.5) is 0 Å². The highest BCUT2D eigenvalue weighted by Gasteiger charge is 2.03. The minimum absolute atomic E-state index is 0.0401. The van der Waals surface area contributed by atoms with Crippen LogP contribution in [0.3, 0.4) is 0 Å². The number of allylic oxidation sites excluding steroid dienone is 1. The Kier molecular flexibility index (Phi) is 5.01. The highest BCUT2D eigenvalue weighted by molar-refractivity contribution is 6.30. The Labute approximate surface area is 129 Å². The molecule has 0 N–H and O–H groups in total. The molecule has 0 aliphatic carbocycles. The van der Waals surface area contributed by atoms with Gasteiger partial charge in [-0.1, -0.05) is 11.6 Å². The fourth-order valence-electron chi connectivity index (χ4n) is 1.64. The molecule has 0 amide bonds. The lowest BCUT2D eigenvalue weighted by atomic mass is 10.1. The maximum absolute atomic E-state index is 11.9. The van der Waals surface area contributed by atoms with Crippen LogP contribution in [0.2, 0.25) is 5.02 Å². The van der Waals surface area contributed by atoms with Gasteiger partial charge in [0.05, 0.1) is 0 Å². The minimum Gasteiger partial charge on any atom is -0.457 e. The molecule has 3 nitrogen and oxygen atoms in total. The number of hydrogen-bond acceptors (Lipinski definition) is 3. The standard InChI is InChI=1S/C17H16ClNO2/c1-19(2)12-11-17(20)13-3-7-15(8-4-13)21-16-9-5-14(18)6-10-16/h3-12H,1-2H3/b12-11+. The highest BCUT2D eigenvalue weighted by Crippen LogP contribution is 2.23. The Morgan fingerprint density at radius 3 is 2.05 bits per heavy atom. The average molecular weight is 302 g/mol. The molecule has 4 heteroatoms. The molecule has 0 saturated carbocycles. The lowest BCUT2D eigenvalue weighted by molar-refractivity contribution is 0.104. The van der Waals surface area contributed by atoms with E-state index in [0.717, 1.165) is 0 Å². The van der Waals surface area contributed by atoms with Gasteiger partial charge >= 0.3 is 0 Å². The zero-order valence-electron chi connectivity index (χ0n) is 11.9. The monoisotopic (exact) mass is 301 g/mol. The van der Waals surface area contributed by atoms with Gasteiger partial charge < -0.3 is 9.64 Å². The van der Waals surface area contributed by atoms with Gasteiger partial charge in [0, 0.05) is 37.0 Å². The topological polar surface area (TPSA) is 29.5 Å². The molecule has 0 unspecified atom stereocenters. The quantitative estimate of drug-likeness (QED) is 0.606. The number of carbonyl (C=O) groups excluding carboxylic acids is 1. The van der Waals surface area contributed by atoms with Crippen molar-refractivity contribution in [3.05, 3.63) is 71.4 Å². The molecule has 2 aromatic rings. The Morgan fingerprint density at radius 1 is 1.00 bits per heavy atom. The number of hydrogen-bond donors (Lipinski definition) is 0. The van der Waals surface area contributed by atoms with E-state index in [0.29, 0.717) is 22.1 Å². The molecule has 0 saturated heterocycles. The predicted octanol–water partition coefficient (Wildman–Crippen LogP) is 4.39. The molecular formula is C17H16ClNO2. The first kappa shape index (κ1) is 15.1. The fraction of sp³-hybridized carbons (Fsp3) is 0.118. The first-order valence-electron chi connectivity index (χ1n) is 6.47. The van der Waals surface area contributed by atoms with Gasteiger partial charge in [0.25, 0.3) is 0 Å². The molecule has 0 heterocycles. The summed E-state index contributed by atoms with van der Waals surface area (Å²) < 4.78 is 5.67. The van der Waals surface area contributed by atoms with Crippen LogP contribution in [-0.4, -0.2) is 24.8 Å². The van der Waals surface area contributed by atoms with Gasteiger partial charge in [0.1, 0.15) is 11.5 Å². The molecule has 0 aliphatic rings. The maximum Gasteiger partial charge on any atom is 0.187 e. The lowest BCUT2D eigenvalue weighted by Gasteiger charge is -2.06. The van der Waals surface area contributed by atoms with E-state index in [4.69, 9.17) is 16.3 Å². The van der Waals surface area contributed by atoms with E-state index in [-0.39, 0.29) is 5.78 Å². The van der Waals surface area contributed by atoms with Crippen molar-refractivity contribution in [3.8, 4) is 11.5 Å². The third-order valence-electron chi connectivity index (χ3n) is 2.71. The molecule has 2 rings (SSSR count). The molecule has 0 fully saturated rings. The summed E-state index contributed by atoms with van der Waals surface area (Å²) >= 11 is 5.82. The van der Waals surface area contributed by atoms with Crippen LogP contribution in [0.15, 0.2) is 60.8 Å². The number of carbonyl (C=O) groups is 1. The van der Waals surface area contributed by atoms with Gasteiger partial charge in [-0.2, -0.15) is 0 Å². The zero-order valence-corrected chi connectivity index (χ0v) is 12.7. The number of halogens is 1. The largest absolute Gasteiger partial charge is 0.457 e. The van der Waals surface area contributed by atoms with E-state index in [1.54, 1.807) is 54.7 Å². The zero-order chi connectivity index (χ0) is 15.2. The van der Waals surface area contributed by atoms with Crippen LogP contribution in [0, 0.1) is 0 Å². The van der Waals surface area contributed by atoms with Crippen LogP contribution in [0.25, 0.3) is 0 Å². The first-order valence-corrected chi connectivity index (χ1v) is 6.85. The SMILES string of the molecule is CN(C)/C=C/C(=O)c1ccc(Oc2ccc(Cl)cc2)cc1. The number of ketones is 1. The van der Waals surface area contributed by atoms with Crippen molar-refractivity contribution in [3.63, 3.8) is 0 Å². The number of ether oxygens (including phenoxy) is 1. The number of nitrogens with zero attached hydrogens (tertiary/aromatic N) is 1. The van der Waals surface area contributed by atoms with E-state index < -0.39 is 0 Å². The van der Waals surface area contributed by atoms with Gasteiger partial charge in [-0.15, -0.1) is 0 Å². The van der Waals surface area contributed by atoms with E-state index in [2.05, 4.69) is 0 Å². The number of benzene rings is 2. The van der Waals surface area contributed by atoms with Gasteiger partial charge in [-0.3, -0.25) is 4.79 Å². The summed E-state index contributed by atoms with van der Waals surface area (Å²) in [6.45, 7) is 0. The molecule has 0 radical (unpaired) electrons. The van der Waals surface area contributed by atoms with Crippen molar-refractivity contribution >= 4 is 17.4 Å². The Bertz CT molecular complexity index is 631. The molecule has 21 heavy (non-hydrogen) atoms. The summed E-state index contributed by atoms with van der Waals surface area (Å²) in [5.74, 6) is 1.33. The third-order valence-corrected chi connectivity index (χ3v) is 2.96. The minimum atomic E-state index is -0.0401. The molecule has 0 aromatic heterocycles. The van der Waals surface area contributed by atoms with Gasteiger partial charge in [0.15, 0.2) is 5.78 Å². The maximum atomic E-state index is 11.9. The van der Waals surface area contributed by atoms with Gasteiger partial charge in [-0.05, 0) is 48.5 Å². The summed E-state index contributed by atoms with van der Waals surface area (Å²) in [6, 6.07) is 14.1. The molecule has 0 atom stereocenters. The van der Waals surface area contributed by atoms with Crippen LogP contribution in [0.5, 0.6) is 11.5 Å². The fourth-order valence-corrected chi connectivity index (χ4v) is 1.76. The first-order chi connectivity index (χ1) is 10.0. The number of rotatable bonds is 5. The van der Waals surface area contributed by atoms with Crippen LogP contribution >= 0.6 is 11.6 Å². The molecule has 0 spiro atoms. The molecule has 108 valence electrons. The smallest absolute Gasteiger partial charge is 0.187 e. The van der Waals surface area contributed by atoms with Gasteiger partial charge in [-0.25, -0.2) is 0 Å². The molecule has 0 aliphatic heterocycles. The summed E-state index contributed by atoms with van der Waals surface area (Å²) in [7, 11) is 3.74. The summed E-state index contributed by atoms with van der Waals surface area (Å²) in [6.07, 6.45) is 3.26. The highest BCUT2D eigenvalue weighted by atomic mass is 35.5. The Morgan fingerprint density at radius 2 is 1.52 bits per heavy atom. The Hall–Kier alpha value is -2.26. The van der Waals surface area contributed by atoms with Crippen molar-refractivity contribution in [2.75, 3.05) is 14.1 Å². The van der Waals surface area contributed by atoms with Crippen molar-refractivity contribution in [2.45, 2.75) is 0 Å². The van der Waals surface area contributed by atoms with Crippen LogP contribution < -0.4 is 4.74 Å². The molecule has 0 bridgehead atoms. The third kappa shape index (κ3) is 4.65. The Balaban J connectivity index is 2.05. The van der Waals surface area contributed by atoms with Crippen molar-refractivity contribution in [2.24, 2.45) is 0 Å². The average Bonchev–Trinajstić information content (AvgIpc) is 2.48. The second-order valence-electron chi connectivity index (χ2n) is 4.72. The van der Waals surface area contributed by atoms with Gasteiger partial charge in [0.2, 0.25) is 0 Å². The van der Waals surface area contributed by atoms with Crippen molar-refractivity contribution in [1.82, 2.24) is 4.90 Å². The van der Waals surface area contributed by atoms with E-state index >= 15 is 0 Å². The second kappa shape index (κ2) is 6.95. The summed E-state index contributed by atoms with van der Waals surface area (Å²) in [5, 5.41) is 0.663. The van der Waals surface area contributed by atoms with E-state index in [1.165, 1.54) is 6.08 Å². The summed E-state index contributed by atoms with van der Waals surface area (Å²) in [5.41, 5.74) is 0.622. The van der Waals surface area contributed by atoms with E-state index in [1.807, 2.05) is 19.0 Å². The lowest BCUT2D eigenvalue weighted by Crippen LogP contribution is -2.03. The second-order valence-corrected chi connectivity index (χ2v) is 5.16. The van der Waals surface area contributed by atoms with Crippen molar-refractivity contribution in [1.29, 1.82) is 0 Å². The normalized spacial score (nSPS) is 10.6. The van der Waals surface area contributed by atoms with Crippen LogP contribution in [0.1, 0.15) is 10.4 Å². The van der Waals surface area contributed by atoms with Crippen molar-refractivity contribution < 1.29 is 9.53 Å². The molecule has 2 aromatic carbocycles. The summed E-state index contributed by atoms with van der Waals surface area (Å²) in [4.78, 5) is 13.7. The van der Waals surface area contributed by atoms with Crippen LogP contribution in [-0.2, 0) is 0 Å². The van der Waals surface area contributed by atoms with E-state index in [9.17, 15) is 4.79 Å². The predicted molar refractivity (Wildman–Crippen MR) is 85.1 cm³/mol. The molecular weight excluding hydrogens is 286 g/mol.